The molecule has 1 unspecified atom stereocenters. The minimum Gasteiger partial charge on any atom is -0.497 e. The summed E-state index contributed by atoms with van der Waals surface area (Å²) in [7, 11) is 3.09. The third-order valence-corrected chi connectivity index (χ3v) is 7.41. The van der Waals surface area contributed by atoms with Crippen LogP contribution in [0, 0.1) is 6.92 Å². The van der Waals surface area contributed by atoms with Crippen molar-refractivity contribution in [3.63, 3.8) is 0 Å². The van der Waals surface area contributed by atoms with Gasteiger partial charge in [-0.3, -0.25) is 9.59 Å². The lowest BCUT2D eigenvalue weighted by Crippen LogP contribution is -2.19. The van der Waals surface area contributed by atoms with Gasteiger partial charge in [0.15, 0.2) is 0 Å². The Balaban J connectivity index is 1.57. The summed E-state index contributed by atoms with van der Waals surface area (Å²) in [6.45, 7) is 1.87. The third-order valence-electron chi connectivity index (χ3n) is 5.76. The van der Waals surface area contributed by atoms with Gasteiger partial charge in [0.2, 0.25) is 5.91 Å². The Morgan fingerprint density at radius 1 is 0.842 bits per heavy atom. The van der Waals surface area contributed by atoms with Crippen LogP contribution < -0.4 is 20.1 Å². The summed E-state index contributed by atoms with van der Waals surface area (Å²) in [6.07, 6.45) is 0. The molecule has 6 nitrogen and oxygen atoms in total. The Kier molecular flexibility index (Phi) is 8.94. The molecular weight excluding hydrogens is 520 g/mol. The Hall–Kier alpha value is -3.94. The Bertz CT molecular complexity index is 1450. The molecule has 0 bridgehead atoms. The van der Waals surface area contributed by atoms with E-state index in [1.807, 2.05) is 55.5 Å². The highest BCUT2D eigenvalue weighted by atomic mass is 35.5. The average molecular weight is 547 g/mol. The predicted molar refractivity (Wildman–Crippen MR) is 154 cm³/mol. The largest absolute Gasteiger partial charge is 0.497 e. The molecule has 0 saturated carbocycles. The maximum atomic E-state index is 13.6. The number of benzene rings is 4. The van der Waals surface area contributed by atoms with Crippen LogP contribution in [0.15, 0.2) is 95.9 Å². The van der Waals surface area contributed by atoms with Crippen molar-refractivity contribution in [3.8, 4) is 11.5 Å². The van der Waals surface area contributed by atoms with Gasteiger partial charge in [0.25, 0.3) is 5.91 Å². The van der Waals surface area contributed by atoms with Crippen molar-refractivity contribution >= 4 is 46.6 Å². The van der Waals surface area contributed by atoms with Crippen LogP contribution in [0.3, 0.4) is 0 Å². The molecular formula is C30H27ClN2O4S. The number of amides is 2. The second kappa shape index (κ2) is 12.5. The van der Waals surface area contributed by atoms with E-state index in [1.165, 1.54) is 18.9 Å². The smallest absolute Gasteiger partial charge is 0.255 e. The van der Waals surface area contributed by atoms with Gasteiger partial charge < -0.3 is 20.1 Å². The number of hydrogen-bond acceptors (Lipinski definition) is 5. The molecule has 38 heavy (non-hydrogen) atoms. The van der Waals surface area contributed by atoms with Crippen LogP contribution in [0.1, 0.15) is 26.7 Å². The molecule has 0 aliphatic heterocycles. The topological polar surface area (TPSA) is 76.7 Å². The number of nitrogens with one attached hydrogen (secondary N) is 2. The van der Waals surface area contributed by atoms with Crippen LogP contribution in [0.2, 0.25) is 5.02 Å². The van der Waals surface area contributed by atoms with E-state index in [0.717, 1.165) is 16.0 Å². The van der Waals surface area contributed by atoms with Crippen LogP contribution in [0.5, 0.6) is 11.5 Å². The first-order chi connectivity index (χ1) is 18.4. The summed E-state index contributed by atoms with van der Waals surface area (Å²) in [5, 5.41) is 5.91. The van der Waals surface area contributed by atoms with E-state index in [4.69, 9.17) is 21.1 Å². The predicted octanol–water partition coefficient (Wildman–Crippen LogP) is 7.39. The Morgan fingerprint density at radius 3 is 2.34 bits per heavy atom. The number of aryl methyl sites for hydroxylation is 1. The number of carbonyl (C=O) groups excluding carboxylic acids is 2. The number of halogens is 1. The van der Waals surface area contributed by atoms with Gasteiger partial charge in [0, 0.05) is 27.2 Å². The van der Waals surface area contributed by atoms with Crippen molar-refractivity contribution in [2.24, 2.45) is 0 Å². The molecule has 1 atom stereocenters. The zero-order valence-corrected chi connectivity index (χ0v) is 22.7. The number of anilines is 2. The summed E-state index contributed by atoms with van der Waals surface area (Å²) >= 11 is 7.62. The fourth-order valence-electron chi connectivity index (χ4n) is 3.78. The van der Waals surface area contributed by atoms with Crippen LogP contribution in [-0.2, 0) is 4.79 Å². The normalized spacial score (nSPS) is 11.4. The van der Waals surface area contributed by atoms with Gasteiger partial charge in [-0.05, 0) is 60.5 Å². The molecule has 0 heterocycles. The molecule has 2 N–H and O–H groups in total. The lowest BCUT2D eigenvalue weighted by molar-refractivity contribution is -0.115. The van der Waals surface area contributed by atoms with Crippen molar-refractivity contribution < 1.29 is 19.1 Å². The van der Waals surface area contributed by atoms with Crippen LogP contribution in [0.4, 0.5) is 11.4 Å². The van der Waals surface area contributed by atoms with E-state index in [-0.39, 0.29) is 11.8 Å². The molecule has 0 aliphatic carbocycles. The maximum absolute atomic E-state index is 13.6. The van der Waals surface area contributed by atoms with E-state index in [0.29, 0.717) is 33.5 Å². The zero-order valence-electron chi connectivity index (χ0n) is 21.2. The fraction of sp³-hybridized carbons (Fsp3) is 0.133. The minimum absolute atomic E-state index is 0.216. The highest BCUT2D eigenvalue weighted by molar-refractivity contribution is 8.00. The molecule has 4 rings (SSSR count). The maximum Gasteiger partial charge on any atom is 0.255 e. The molecule has 0 aromatic heterocycles. The summed E-state index contributed by atoms with van der Waals surface area (Å²) in [6, 6.07) is 27.3. The molecule has 2 amide bonds. The molecule has 0 aliphatic rings. The lowest BCUT2D eigenvalue weighted by Gasteiger charge is -2.19. The molecule has 0 saturated heterocycles. The summed E-state index contributed by atoms with van der Waals surface area (Å²) in [4.78, 5) is 27.2. The van der Waals surface area contributed by atoms with Crippen molar-refractivity contribution in [2.45, 2.75) is 17.1 Å². The van der Waals surface area contributed by atoms with Crippen LogP contribution >= 0.6 is 23.4 Å². The molecule has 0 fully saturated rings. The second-order valence-corrected chi connectivity index (χ2v) is 10.00. The quantitative estimate of drug-likeness (QED) is 0.214. The van der Waals surface area contributed by atoms with Gasteiger partial charge in [-0.2, -0.15) is 0 Å². The molecule has 8 heteroatoms. The highest BCUT2D eigenvalue weighted by Crippen LogP contribution is 2.39. The van der Waals surface area contributed by atoms with Crippen molar-refractivity contribution in [1.29, 1.82) is 0 Å². The summed E-state index contributed by atoms with van der Waals surface area (Å²) in [5.74, 6) is 0.611. The Labute approximate surface area is 231 Å². The average Bonchev–Trinajstić information content (AvgIpc) is 2.94. The standard InChI is InChI=1S/C30H27ClN2O4S/c1-19-15-26(27(37-3)18-25(19)31)33-30(35)28(20-9-5-4-6-10-20)38-24-14-8-12-22(17-24)32-29(34)21-11-7-13-23(16-21)36-2/h4-18,28H,1-3H3,(H,32,34)(H,33,35). The lowest BCUT2D eigenvalue weighted by atomic mass is 10.1. The summed E-state index contributed by atoms with van der Waals surface area (Å²) < 4.78 is 10.7. The van der Waals surface area contributed by atoms with E-state index in [9.17, 15) is 9.59 Å². The molecule has 4 aromatic carbocycles. The Morgan fingerprint density at radius 2 is 1.61 bits per heavy atom. The second-order valence-electron chi connectivity index (χ2n) is 8.41. The number of ether oxygens (including phenoxy) is 2. The van der Waals surface area contributed by atoms with Gasteiger partial charge >= 0.3 is 0 Å². The van der Waals surface area contributed by atoms with E-state index < -0.39 is 5.25 Å². The van der Waals surface area contributed by atoms with Gasteiger partial charge in [-0.25, -0.2) is 0 Å². The molecule has 194 valence electrons. The SMILES string of the molecule is COc1cccc(C(=O)Nc2cccc(SC(C(=O)Nc3cc(C)c(Cl)cc3OC)c3ccccc3)c2)c1. The highest BCUT2D eigenvalue weighted by Gasteiger charge is 2.24. The number of rotatable bonds is 9. The number of methoxy groups -OCH3 is 2. The first-order valence-corrected chi connectivity index (χ1v) is 13.1. The molecule has 0 spiro atoms. The van der Waals surface area contributed by atoms with Gasteiger partial charge in [-0.1, -0.05) is 54.1 Å². The number of thioether (sulfide) groups is 1. The van der Waals surface area contributed by atoms with Crippen molar-refractivity contribution in [1.82, 2.24) is 0 Å². The van der Waals surface area contributed by atoms with Gasteiger partial charge in [0.05, 0.1) is 19.9 Å². The van der Waals surface area contributed by atoms with Crippen molar-refractivity contribution in [3.05, 3.63) is 113 Å². The van der Waals surface area contributed by atoms with Crippen LogP contribution in [0.25, 0.3) is 0 Å². The monoisotopic (exact) mass is 546 g/mol. The number of hydrogen-bond donors (Lipinski definition) is 2. The zero-order chi connectivity index (χ0) is 27.1. The molecule has 0 radical (unpaired) electrons. The summed E-state index contributed by atoms with van der Waals surface area (Å²) in [5.41, 5.74) is 3.30. The third kappa shape index (κ3) is 6.68. The minimum atomic E-state index is -0.568. The van der Waals surface area contributed by atoms with Gasteiger partial charge in [0.1, 0.15) is 16.7 Å². The fourth-order valence-corrected chi connectivity index (χ4v) is 5.02. The molecule has 4 aromatic rings. The number of carbonyl (C=O) groups is 2. The first-order valence-electron chi connectivity index (χ1n) is 11.8. The first kappa shape index (κ1) is 27.1. The van der Waals surface area contributed by atoms with Crippen LogP contribution in [-0.4, -0.2) is 26.0 Å². The van der Waals surface area contributed by atoms with E-state index in [1.54, 1.807) is 49.6 Å². The van der Waals surface area contributed by atoms with E-state index >= 15 is 0 Å². The van der Waals surface area contributed by atoms with Gasteiger partial charge in [-0.15, -0.1) is 11.8 Å². The van der Waals surface area contributed by atoms with Crippen molar-refractivity contribution in [2.75, 3.05) is 24.9 Å². The van der Waals surface area contributed by atoms with E-state index in [2.05, 4.69) is 10.6 Å².